The molecule has 1 N–H and O–H groups in total. The van der Waals surface area contributed by atoms with Gasteiger partial charge in [-0.1, -0.05) is 6.92 Å². The maximum atomic E-state index is 4.16. The molecule has 0 radical (unpaired) electrons. The number of aromatic nitrogens is 2. The lowest BCUT2D eigenvalue weighted by Crippen LogP contribution is -2.64. The fourth-order valence-electron chi connectivity index (χ4n) is 3.14. The van der Waals surface area contributed by atoms with Crippen LogP contribution in [0.1, 0.15) is 18.5 Å². The van der Waals surface area contributed by atoms with Gasteiger partial charge in [0.15, 0.2) is 0 Å². The first-order chi connectivity index (χ1) is 8.88. The normalized spacial score (nSPS) is 32.4. The third-order valence-electron chi connectivity index (χ3n) is 4.07. The molecule has 0 aromatic carbocycles. The van der Waals surface area contributed by atoms with Crippen LogP contribution >= 0.6 is 0 Å². The van der Waals surface area contributed by atoms with Crippen LogP contribution < -0.4 is 5.32 Å². The van der Waals surface area contributed by atoms with E-state index in [9.17, 15) is 0 Å². The number of nitrogens with one attached hydrogen (secondary N) is 1. The summed E-state index contributed by atoms with van der Waals surface area (Å²) in [5, 5.41) is 3.61. The zero-order chi connectivity index (χ0) is 12.4. The number of hydrogen-bond acceptors (Lipinski definition) is 5. The molecule has 1 aromatic rings. The Labute approximate surface area is 108 Å². The average molecular weight is 247 g/mol. The molecular weight excluding hydrogens is 226 g/mol. The second kappa shape index (κ2) is 5.30. The van der Waals surface area contributed by atoms with E-state index in [1.165, 1.54) is 31.7 Å². The van der Waals surface area contributed by atoms with Crippen LogP contribution in [0.3, 0.4) is 0 Å². The van der Waals surface area contributed by atoms with Crippen LogP contribution in [0, 0.1) is 0 Å². The second-order valence-corrected chi connectivity index (χ2v) is 5.11. The molecule has 3 fully saturated rings. The molecule has 2 atom stereocenters. The highest BCUT2D eigenvalue weighted by Crippen LogP contribution is 2.26. The van der Waals surface area contributed by atoms with Crippen LogP contribution in [0.2, 0.25) is 0 Å². The molecule has 98 valence electrons. The van der Waals surface area contributed by atoms with E-state index in [1.807, 2.05) is 12.4 Å². The molecule has 18 heavy (non-hydrogen) atoms. The fourth-order valence-corrected chi connectivity index (χ4v) is 3.14. The average Bonchev–Trinajstić information content (AvgIpc) is 2.47. The van der Waals surface area contributed by atoms with Crippen LogP contribution in [0.25, 0.3) is 0 Å². The molecule has 0 spiro atoms. The quantitative estimate of drug-likeness (QED) is 0.819. The zero-order valence-electron chi connectivity index (χ0n) is 10.9. The Hall–Kier alpha value is -1.04. The molecule has 0 amide bonds. The number of hydrogen-bond donors (Lipinski definition) is 1. The third-order valence-corrected chi connectivity index (χ3v) is 4.07. The van der Waals surface area contributed by atoms with E-state index < -0.39 is 0 Å². The van der Waals surface area contributed by atoms with E-state index in [1.54, 1.807) is 6.33 Å². The van der Waals surface area contributed by atoms with Gasteiger partial charge in [-0.2, -0.15) is 0 Å². The molecule has 0 saturated carbocycles. The molecular formula is C13H21N5. The highest BCUT2D eigenvalue weighted by molar-refractivity contribution is 5.14. The fraction of sp³-hybridized carbons (Fsp3) is 0.692. The van der Waals surface area contributed by atoms with E-state index in [2.05, 4.69) is 32.0 Å². The van der Waals surface area contributed by atoms with Crippen molar-refractivity contribution in [1.29, 1.82) is 0 Å². The van der Waals surface area contributed by atoms with Crippen molar-refractivity contribution in [3.8, 4) is 0 Å². The van der Waals surface area contributed by atoms with Gasteiger partial charge in [-0.25, -0.2) is 9.97 Å². The zero-order valence-corrected chi connectivity index (χ0v) is 10.9. The summed E-state index contributed by atoms with van der Waals surface area (Å²) in [7, 11) is 0. The highest BCUT2D eigenvalue weighted by Gasteiger charge is 2.37. The van der Waals surface area contributed by atoms with Gasteiger partial charge in [-0.3, -0.25) is 9.80 Å². The van der Waals surface area contributed by atoms with Gasteiger partial charge in [0.2, 0.25) is 0 Å². The highest BCUT2D eigenvalue weighted by atomic mass is 15.4. The van der Waals surface area contributed by atoms with Crippen LogP contribution in [0.15, 0.2) is 18.7 Å². The summed E-state index contributed by atoms with van der Waals surface area (Å²) in [4.78, 5) is 13.5. The Bertz CT molecular complexity index is 374. The minimum atomic E-state index is 0.347. The lowest BCUT2D eigenvalue weighted by Gasteiger charge is -2.50. The molecule has 2 bridgehead atoms. The van der Waals surface area contributed by atoms with E-state index in [0.29, 0.717) is 12.1 Å². The molecule has 3 aliphatic heterocycles. The van der Waals surface area contributed by atoms with E-state index in [0.717, 1.165) is 13.1 Å². The van der Waals surface area contributed by atoms with Crippen LogP contribution in [-0.2, 0) is 0 Å². The molecule has 3 saturated heterocycles. The predicted molar refractivity (Wildman–Crippen MR) is 70.3 cm³/mol. The standard InChI is InChI=1S/C13H21N5/c1-2-16-13(11-7-14-10-15-8-11)12-9-17-3-5-18(12)6-4-17/h7-8,10,12-13,16H,2-6,9H2,1H3. The molecule has 5 heteroatoms. The van der Waals surface area contributed by atoms with Gasteiger partial charge in [0.25, 0.3) is 0 Å². The van der Waals surface area contributed by atoms with Gasteiger partial charge in [0.05, 0.1) is 6.04 Å². The first-order valence-electron chi connectivity index (χ1n) is 6.83. The van der Waals surface area contributed by atoms with E-state index in [-0.39, 0.29) is 0 Å². The Balaban J connectivity index is 1.81. The van der Waals surface area contributed by atoms with Gasteiger partial charge in [0.1, 0.15) is 6.33 Å². The lowest BCUT2D eigenvalue weighted by molar-refractivity contribution is -0.00353. The summed E-state index contributed by atoms with van der Waals surface area (Å²) in [5.74, 6) is 0. The molecule has 4 heterocycles. The maximum Gasteiger partial charge on any atom is 0.115 e. The lowest BCUT2D eigenvalue weighted by atomic mass is 9.95. The second-order valence-electron chi connectivity index (χ2n) is 5.11. The monoisotopic (exact) mass is 247 g/mol. The van der Waals surface area contributed by atoms with Crippen molar-refractivity contribution in [2.45, 2.75) is 19.0 Å². The van der Waals surface area contributed by atoms with Crippen molar-refractivity contribution < 1.29 is 0 Å². The number of nitrogens with zero attached hydrogens (tertiary/aromatic N) is 4. The predicted octanol–water partition coefficient (Wildman–Crippen LogP) is 0.127. The van der Waals surface area contributed by atoms with Gasteiger partial charge in [-0.15, -0.1) is 0 Å². The van der Waals surface area contributed by atoms with Crippen molar-refractivity contribution in [3.05, 3.63) is 24.3 Å². The van der Waals surface area contributed by atoms with Gasteiger partial charge in [0, 0.05) is 56.7 Å². The Morgan fingerprint density at radius 2 is 2.00 bits per heavy atom. The number of piperazine rings is 3. The summed E-state index contributed by atoms with van der Waals surface area (Å²) in [6.07, 6.45) is 5.49. The Morgan fingerprint density at radius 1 is 1.28 bits per heavy atom. The summed E-state index contributed by atoms with van der Waals surface area (Å²) >= 11 is 0. The van der Waals surface area contributed by atoms with E-state index >= 15 is 0 Å². The van der Waals surface area contributed by atoms with Crippen molar-refractivity contribution >= 4 is 0 Å². The molecule has 4 rings (SSSR count). The van der Waals surface area contributed by atoms with Crippen molar-refractivity contribution in [2.24, 2.45) is 0 Å². The summed E-state index contributed by atoms with van der Waals surface area (Å²) in [6, 6.07) is 0.901. The number of fused-ring (bicyclic) bond motifs is 3. The Kier molecular flexibility index (Phi) is 3.54. The molecule has 2 unspecified atom stereocenters. The minimum Gasteiger partial charge on any atom is -0.309 e. The SMILES string of the molecule is CCNC(c1cncnc1)C1CN2CCN1CC2. The molecule has 0 aliphatic carbocycles. The Morgan fingerprint density at radius 3 is 2.56 bits per heavy atom. The maximum absolute atomic E-state index is 4.16. The van der Waals surface area contributed by atoms with Crippen molar-refractivity contribution in [1.82, 2.24) is 25.1 Å². The first-order valence-corrected chi connectivity index (χ1v) is 6.83. The largest absolute Gasteiger partial charge is 0.309 e. The van der Waals surface area contributed by atoms with Crippen LogP contribution in [-0.4, -0.2) is 65.1 Å². The van der Waals surface area contributed by atoms with Gasteiger partial charge >= 0.3 is 0 Å². The first kappa shape index (κ1) is 12.0. The topological polar surface area (TPSA) is 44.3 Å². The van der Waals surface area contributed by atoms with Crippen molar-refractivity contribution in [3.63, 3.8) is 0 Å². The number of likely N-dealkylation sites (N-methyl/N-ethyl adjacent to an activating group) is 1. The third kappa shape index (κ3) is 2.25. The minimum absolute atomic E-state index is 0.347. The summed E-state index contributed by atoms with van der Waals surface area (Å²) < 4.78 is 0. The molecule has 3 aliphatic rings. The van der Waals surface area contributed by atoms with Gasteiger partial charge in [-0.05, 0) is 6.54 Å². The van der Waals surface area contributed by atoms with Crippen molar-refractivity contribution in [2.75, 3.05) is 39.3 Å². The van der Waals surface area contributed by atoms with Crippen LogP contribution in [0.5, 0.6) is 0 Å². The van der Waals surface area contributed by atoms with E-state index in [4.69, 9.17) is 0 Å². The smallest absolute Gasteiger partial charge is 0.115 e. The van der Waals surface area contributed by atoms with Gasteiger partial charge < -0.3 is 5.32 Å². The summed E-state index contributed by atoms with van der Waals surface area (Å²) in [6.45, 7) is 9.13. The molecule has 1 aromatic heterocycles. The molecule has 5 nitrogen and oxygen atoms in total. The summed E-state index contributed by atoms with van der Waals surface area (Å²) in [5.41, 5.74) is 1.21. The number of rotatable bonds is 4. The van der Waals surface area contributed by atoms with Crippen LogP contribution in [0.4, 0.5) is 0 Å².